The Hall–Kier alpha value is -0.0800. The first-order valence-corrected chi connectivity index (χ1v) is 5.46. The van der Waals surface area contributed by atoms with Gasteiger partial charge in [0.15, 0.2) is 0 Å². The molecule has 2 rings (SSSR count). The Bertz CT molecular complexity index is 198. The number of hydrogen-bond donors (Lipinski definition) is 2. The van der Waals surface area contributed by atoms with E-state index < -0.39 is 0 Å². The van der Waals surface area contributed by atoms with E-state index in [0.29, 0.717) is 12.1 Å². The van der Waals surface area contributed by atoms with Crippen molar-refractivity contribution in [1.29, 1.82) is 0 Å². The third-order valence-corrected chi connectivity index (χ3v) is 4.01. The highest BCUT2D eigenvalue weighted by Gasteiger charge is 2.48. The van der Waals surface area contributed by atoms with Gasteiger partial charge in [0.2, 0.25) is 0 Å². The van der Waals surface area contributed by atoms with Crippen molar-refractivity contribution in [3.8, 4) is 0 Å². The molecule has 0 heterocycles. The van der Waals surface area contributed by atoms with Gasteiger partial charge in [-0.1, -0.05) is 13.8 Å². The lowest BCUT2D eigenvalue weighted by molar-refractivity contribution is -0.0759. The zero-order chi connectivity index (χ0) is 9.64. The second-order valence-corrected chi connectivity index (χ2v) is 5.42. The lowest BCUT2D eigenvalue weighted by Crippen LogP contribution is -2.61. The van der Waals surface area contributed by atoms with Crippen molar-refractivity contribution in [3.05, 3.63) is 0 Å². The number of hydrogen-bond acceptors (Lipinski definition) is 2. The quantitative estimate of drug-likeness (QED) is 0.695. The summed E-state index contributed by atoms with van der Waals surface area (Å²) in [5.41, 5.74) is 0.0865. The lowest BCUT2D eigenvalue weighted by Gasteiger charge is -2.50. The maximum absolute atomic E-state index is 9.57. The summed E-state index contributed by atoms with van der Waals surface area (Å²) in [4.78, 5) is 0. The molecule has 0 radical (unpaired) electrons. The number of aliphatic hydroxyl groups excluding tert-OH is 1. The molecule has 2 heteroatoms. The van der Waals surface area contributed by atoms with Crippen LogP contribution in [0.5, 0.6) is 0 Å². The molecular weight excluding hydrogens is 162 g/mol. The first kappa shape index (κ1) is 9.47. The van der Waals surface area contributed by atoms with Gasteiger partial charge < -0.3 is 10.4 Å². The number of aliphatic hydroxyl groups is 1. The average molecular weight is 183 g/mol. The zero-order valence-corrected chi connectivity index (χ0v) is 8.88. The Labute approximate surface area is 80.7 Å². The SMILES string of the molecule is CC(NC1CC(O)C1(C)C)C1CC1. The summed E-state index contributed by atoms with van der Waals surface area (Å²) in [6, 6.07) is 1.18. The summed E-state index contributed by atoms with van der Waals surface area (Å²) in [6.45, 7) is 6.58. The van der Waals surface area contributed by atoms with Crippen molar-refractivity contribution in [2.75, 3.05) is 0 Å². The lowest BCUT2D eigenvalue weighted by atomic mass is 9.64. The molecule has 0 aromatic carbocycles. The van der Waals surface area contributed by atoms with Crippen molar-refractivity contribution < 1.29 is 5.11 Å². The molecule has 0 amide bonds. The van der Waals surface area contributed by atoms with E-state index >= 15 is 0 Å². The predicted octanol–water partition coefficient (Wildman–Crippen LogP) is 1.53. The molecule has 2 N–H and O–H groups in total. The van der Waals surface area contributed by atoms with Gasteiger partial charge in [0, 0.05) is 17.5 Å². The summed E-state index contributed by atoms with van der Waals surface area (Å²) in [5.74, 6) is 0.911. The summed E-state index contributed by atoms with van der Waals surface area (Å²) in [6.07, 6.45) is 3.62. The van der Waals surface area contributed by atoms with E-state index in [1.54, 1.807) is 0 Å². The van der Waals surface area contributed by atoms with Crippen LogP contribution in [0.25, 0.3) is 0 Å². The highest BCUT2D eigenvalue weighted by Crippen LogP contribution is 2.42. The summed E-state index contributed by atoms with van der Waals surface area (Å²) < 4.78 is 0. The molecule has 13 heavy (non-hydrogen) atoms. The van der Waals surface area contributed by atoms with Gasteiger partial charge in [-0.15, -0.1) is 0 Å². The van der Waals surface area contributed by atoms with Crippen LogP contribution in [0.4, 0.5) is 0 Å². The molecule has 0 bridgehead atoms. The minimum atomic E-state index is -0.101. The van der Waals surface area contributed by atoms with E-state index in [2.05, 4.69) is 26.1 Å². The Balaban J connectivity index is 1.82. The fourth-order valence-electron chi connectivity index (χ4n) is 2.23. The molecule has 2 fully saturated rings. The molecule has 0 spiro atoms. The fraction of sp³-hybridized carbons (Fsp3) is 1.00. The van der Waals surface area contributed by atoms with Crippen LogP contribution in [0.3, 0.4) is 0 Å². The normalized spacial score (nSPS) is 39.7. The zero-order valence-electron chi connectivity index (χ0n) is 8.88. The summed E-state index contributed by atoms with van der Waals surface area (Å²) >= 11 is 0. The van der Waals surface area contributed by atoms with Gasteiger partial charge in [0.05, 0.1) is 6.10 Å². The van der Waals surface area contributed by atoms with Crippen molar-refractivity contribution in [2.45, 2.75) is 58.2 Å². The molecule has 76 valence electrons. The standard InChI is InChI=1S/C11H21NO/c1-7(8-4-5-8)12-9-6-10(13)11(9,2)3/h7-10,12-13H,4-6H2,1-3H3. The first-order chi connectivity index (χ1) is 6.01. The van der Waals surface area contributed by atoms with Crippen molar-refractivity contribution in [1.82, 2.24) is 5.32 Å². The van der Waals surface area contributed by atoms with E-state index in [-0.39, 0.29) is 11.5 Å². The van der Waals surface area contributed by atoms with E-state index in [1.165, 1.54) is 12.8 Å². The Morgan fingerprint density at radius 2 is 2.00 bits per heavy atom. The van der Waals surface area contributed by atoms with Crippen LogP contribution in [-0.2, 0) is 0 Å². The number of rotatable bonds is 3. The molecular formula is C11H21NO. The Morgan fingerprint density at radius 3 is 2.38 bits per heavy atom. The van der Waals surface area contributed by atoms with Gasteiger partial charge in [-0.05, 0) is 32.1 Å². The first-order valence-electron chi connectivity index (χ1n) is 5.46. The average Bonchev–Trinajstić information content (AvgIpc) is 2.86. The summed E-state index contributed by atoms with van der Waals surface area (Å²) in [7, 11) is 0. The van der Waals surface area contributed by atoms with Crippen LogP contribution < -0.4 is 5.32 Å². The van der Waals surface area contributed by atoms with Gasteiger partial charge in [-0.25, -0.2) is 0 Å². The Kier molecular flexibility index (Phi) is 2.16. The molecule has 2 nitrogen and oxygen atoms in total. The van der Waals surface area contributed by atoms with E-state index in [4.69, 9.17) is 0 Å². The predicted molar refractivity (Wildman–Crippen MR) is 53.5 cm³/mol. The monoisotopic (exact) mass is 183 g/mol. The minimum absolute atomic E-state index is 0.0865. The molecule has 2 aliphatic rings. The van der Waals surface area contributed by atoms with Crippen LogP contribution >= 0.6 is 0 Å². The highest BCUT2D eigenvalue weighted by atomic mass is 16.3. The van der Waals surface area contributed by atoms with E-state index in [1.807, 2.05) is 0 Å². The number of nitrogens with one attached hydrogen (secondary N) is 1. The molecule has 0 aromatic rings. The largest absolute Gasteiger partial charge is 0.392 e. The van der Waals surface area contributed by atoms with Crippen LogP contribution in [0.1, 0.15) is 40.0 Å². The highest BCUT2D eigenvalue weighted by molar-refractivity contribution is 5.03. The molecule has 0 aliphatic heterocycles. The van der Waals surface area contributed by atoms with Crippen molar-refractivity contribution in [3.63, 3.8) is 0 Å². The minimum Gasteiger partial charge on any atom is -0.392 e. The van der Waals surface area contributed by atoms with E-state index in [9.17, 15) is 5.11 Å². The molecule has 2 aliphatic carbocycles. The van der Waals surface area contributed by atoms with Crippen molar-refractivity contribution >= 4 is 0 Å². The van der Waals surface area contributed by atoms with Crippen molar-refractivity contribution in [2.24, 2.45) is 11.3 Å². The molecule has 0 saturated heterocycles. The second kappa shape index (κ2) is 2.96. The van der Waals surface area contributed by atoms with Gasteiger partial charge in [0.25, 0.3) is 0 Å². The topological polar surface area (TPSA) is 32.3 Å². The van der Waals surface area contributed by atoms with Gasteiger partial charge in [-0.2, -0.15) is 0 Å². The maximum Gasteiger partial charge on any atom is 0.0621 e. The molecule has 0 aromatic heterocycles. The van der Waals surface area contributed by atoms with Crippen LogP contribution in [0, 0.1) is 11.3 Å². The Morgan fingerprint density at radius 1 is 1.38 bits per heavy atom. The van der Waals surface area contributed by atoms with Gasteiger partial charge >= 0.3 is 0 Å². The van der Waals surface area contributed by atoms with Crippen LogP contribution in [0.2, 0.25) is 0 Å². The van der Waals surface area contributed by atoms with Crippen LogP contribution in [-0.4, -0.2) is 23.3 Å². The van der Waals surface area contributed by atoms with Gasteiger partial charge in [-0.3, -0.25) is 0 Å². The maximum atomic E-state index is 9.57. The van der Waals surface area contributed by atoms with Crippen LogP contribution in [0.15, 0.2) is 0 Å². The molecule has 3 unspecified atom stereocenters. The summed E-state index contributed by atoms with van der Waals surface area (Å²) in [5, 5.41) is 13.2. The fourth-order valence-corrected chi connectivity index (χ4v) is 2.23. The molecule has 2 saturated carbocycles. The molecule has 3 atom stereocenters. The van der Waals surface area contributed by atoms with Gasteiger partial charge in [0.1, 0.15) is 0 Å². The second-order valence-electron chi connectivity index (χ2n) is 5.42. The van der Waals surface area contributed by atoms with E-state index in [0.717, 1.165) is 12.3 Å². The third kappa shape index (κ3) is 1.62. The third-order valence-electron chi connectivity index (χ3n) is 4.01. The smallest absolute Gasteiger partial charge is 0.0621 e.